The maximum Gasteiger partial charge on any atom is 0.414 e. The third-order valence-corrected chi connectivity index (χ3v) is 6.86. The van der Waals surface area contributed by atoms with Gasteiger partial charge in [0.15, 0.2) is 6.10 Å². The Morgan fingerprint density at radius 1 is 1.23 bits per heavy atom. The molecule has 13 heteroatoms. The number of pyridine rings is 1. The largest absolute Gasteiger partial charge is 0.460 e. The fourth-order valence-electron chi connectivity index (χ4n) is 4.83. The first-order valence-corrected chi connectivity index (χ1v) is 12.7. The van der Waals surface area contributed by atoms with Gasteiger partial charge in [0.2, 0.25) is 0 Å². The van der Waals surface area contributed by atoms with E-state index in [1.54, 1.807) is 47.5 Å². The van der Waals surface area contributed by atoms with E-state index >= 15 is 4.39 Å². The number of halogens is 1. The number of aromatic nitrogens is 4. The summed E-state index contributed by atoms with van der Waals surface area (Å²) in [6.07, 6.45) is 5.65. The number of carbonyl (C=O) groups is 2. The Kier molecular flexibility index (Phi) is 6.88. The third-order valence-electron chi connectivity index (χ3n) is 6.86. The van der Waals surface area contributed by atoms with Gasteiger partial charge >= 0.3 is 12.1 Å². The van der Waals surface area contributed by atoms with Crippen LogP contribution in [0.3, 0.4) is 0 Å². The molecule has 0 bridgehead atoms. The summed E-state index contributed by atoms with van der Waals surface area (Å²) < 4.78 is 27.5. The molecule has 2 fully saturated rings. The number of nitrogens with one attached hydrogen (secondary N) is 1. The highest BCUT2D eigenvalue weighted by Crippen LogP contribution is 2.29. The Hall–Kier alpha value is -4.39. The summed E-state index contributed by atoms with van der Waals surface area (Å²) in [6.45, 7) is 1.57. The van der Waals surface area contributed by atoms with Crippen LogP contribution in [0.25, 0.3) is 11.1 Å². The van der Waals surface area contributed by atoms with E-state index in [1.807, 2.05) is 0 Å². The van der Waals surface area contributed by atoms with E-state index < -0.39 is 18.0 Å². The molecule has 2 aromatic heterocycles. The first kappa shape index (κ1) is 24.9. The van der Waals surface area contributed by atoms with Crippen molar-refractivity contribution >= 4 is 23.5 Å². The van der Waals surface area contributed by atoms with Crippen LogP contribution >= 0.6 is 0 Å². The average Bonchev–Trinajstić information content (AvgIpc) is 3.76. The molecule has 3 atom stereocenters. The fraction of sp³-hybridized carbons (Fsp3) is 0.385. The molecule has 0 spiro atoms. The van der Waals surface area contributed by atoms with Crippen molar-refractivity contribution in [1.29, 1.82) is 0 Å². The summed E-state index contributed by atoms with van der Waals surface area (Å²) in [5.74, 6) is -0.761. The summed E-state index contributed by atoms with van der Waals surface area (Å²) in [5.41, 5.74) is 2.55. The predicted molar refractivity (Wildman–Crippen MR) is 135 cm³/mol. The Balaban J connectivity index is 1.05. The van der Waals surface area contributed by atoms with E-state index in [1.165, 1.54) is 11.0 Å². The zero-order valence-electron chi connectivity index (χ0n) is 20.9. The van der Waals surface area contributed by atoms with Crippen molar-refractivity contribution in [2.24, 2.45) is 5.16 Å². The zero-order valence-corrected chi connectivity index (χ0v) is 20.9. The van der Waals surface area contributed by atoms with Crippen molar-refractivity contribution < 1.29 is 28.3 Å². The molecule has 12 nitrogen and oxygen atoms in total. The average molecular weight is 536 g/mol. The van der Waals surface area contributed by atoms with Gasteiger partial charge in [-0.2, -0.15) is 0 Å². The highest BCUT2D eigenvalue weighted by atomic mass is 19.1. The summed E-state index contributed by atoms with van der Waals surface area (Å²) >= 11 is 0. The van der Waals surface area contributed by atoms with Crippen molar-refractivity contribution in [3.8, 4) is 11.1 Å². The molecule has 3 aliphatic rings. The second kappa shape index (κ2) is 10.8. The van der Waals surface area contributed by atoms with Gasteiger partial charge in [-0.05, 0) is 43.7 Å². The number of rotatable bonds is 8. The third kappa shape index (κ3) is 5.43. The Bertz CT molecular complexity index is 1380. The van der Waals surface area contributed by atoms with E-state index in [0.29, 0.717) is 41.2 Å². The lowest BCUT2D eigenvalue weighted by Gasteiger charge is -2.14. The Morgan fingerprint density at radius 2 is 2.15 bits per heavy atom. The number of hydrogen-bond donors (Lipinski definition) is 1. The van der Waals surface area contributed by atoms with Crippen molar-refractivity contribution in [3.05, 3.63) is 60.4 Å². The van der Waals surface area contributed by atoms with E-state index in [0.717, 1.165) is 19.4 Å². The van der Waals surface area contributed by atoms with Crippen LogP contribution in [0.15, 0.2) is 54.1 Å². The molecule has 1 amide bonds. The monoisotopic (exact) mass is 535 g/mol. The Labute approximate surface area is 222 Å². The van der Waals surface area contributed by atoms with Gasteiger partial charge in [0.25, 0.3) is 0 Å². The molecule has 3 aliphatic heterocycles. The molecule has 39 heavy (non-hydrogen) atoms. The van der Waals surface area contributed by atoms with E-state index in [4.69, 9.17) is 14.3 Å². The second-order valence-corrected chi connectivity index (χ2v) is 9.59. The molecule has 2 saturated heterocycles. The van der Waals surface area contributed by atoms with Gasteiger partial charge in [0.05, 0.1) is 30.7 Å². The van der Waals surface area contributed by atoms with Gasteiger partial charge in [-0.15, -0.1) is 5.10 Å². The number of anilines is 1. The molecule has 1 N–H and O–H groups in total. The van der Waals surface area contributed by atoms with Crippen LogP contribution in [0.4, 0.5) is 14.9 Å². The minimum Gasteiger partial charge on any atom is -0.460 e. The molecule has 0 unspecified atom stereocenters. The van der Waals surface area contributed by atoms with Crippen LogP contribution in [-0.4, -0.2) is 75.7 Å². The van der Waals surface area contributed by atoms with Gasteiger partial charge in [-0.1, -0.05) is 16.4 Å². The van der Waals surface area contributed by atoms with Gasteiger partial charge in [-0.25, -0.2) is 13.9 Å². The molecule has 1 aromatic carbocycles. The van der Waals surface area contributed by atoms with Crippen molar-refractivity contribution in [2.75, 3.05) is 24.6 Å². The molecule has 3 aromatic rings. The van der Waals surface area contributed by atoms with Gasteiger partial charge in [0, 0.05) is 29.9 Å². The van der Waals surface area contributed by atoms with E-state index in [-0.39, 0.29) is 31.3 Å². The normalized spacial score (nSPS) is 22.5. The quantitative estimate of drug-likeness (QED) is 0.431. The predicted octanol–water partition coefficient (Wildman–Crippen LogP) is 2.29. The highest BCUT2D eigenvalue weighted by Gasteiger charge is 2.33. The molecule has 0 radical (unpaired) electrons. The first-order chi connectivity index (χ1) is 19.0. The van der Waals surface area contributed by atoms with Crippen LogP contribution in [0.2, 0.25) is 0 Å². The minimum atomic E-state index is -0.541. The van der Waals surface area contributed by atoms with Crippen LogP contribution in [0.1, 0.15) is 25.0 Å². The maximum atomic E-state index is 15.1. The number of ether oxygens (including phenoxy) is 2. The number of esters is 1. The summed E-state index contributed by atoms with van der Waals surface area (Å²) in [4.78, 5) is 35.7. The van der Waals surface area contributed by atoms with Gasteiger partial charge < -0.3 is 19.6 Å². The summed E-state index contributed by atoms with van der Waals surface area (Å²) in [5, 5.41) is 14.8. The molecular weight excluding hydrogens is 509 g/mol. The lowest BCUT2D eigenvalue weighted by atomic mass is 10.0. The van der Waals surface area contributed by atoms with E-state index in [9.17, 15) is 9.59 Å². The number of cyclic esters (lactones) is 1. The fourth-order valence-corrected chi connectivity index (χ4v) is 4.83. The summed E-state index contributed by atoms with van der Waals surface area (Å²) in [7, 11) is 0. The minimum absolute atomic E-state index is 0.116. The molecular formula is C26H26FN7O5. The van der Waals surface area contributed by atoms with Gasteiger partial charge in [-0.3, -0.25) is 14.7 Å². The molecule has 0 saturated carbocycles. The first-order valence-electron chi connectivity index (χ1n) is 12.7. The Morgan fingerprint density at radius 3 is 2.90 bits per heavy atom. The second-order valence-electron chi connectivity index (χ2n) is 9.59. The number of nitrogens with zero attached hydrogens (tertiary/aromatic N) is 6. The standard InChI is InChI=1S/C26H26FN7O5/c27-21-10-17(34-14-19(38-26(34)36)13-33-9-8-30-32-33)4-5-20(21)16-3-6-22(29-12-16)24-11-18(39-31-24)15-37-25(35)23-2-1-7-28-23/h3-6,8-10,12,18-19,23,28H,1-2,7,11,13-15H2/t18-,19-,23-/m0/s1. The lowest BCUT2D eigenvalue weighted by Crippen LogP contribution is -2.34. The molecule has 5 heterocycles. The molecule has 6 rings (SSSR count). The molecule has 0 aliphatic carbocycles. The van der Waals surface area contributed by atoms with Crippen LogP contribution < -0.4 is 10.2 Å². The SMILES string of the molecule is O=C(OC[C@@H]1CC(c2ccc(-c3ccc(N4C[C@H](Cn5ccnn5)OC4=O)cc3F)cn2)=NO1)[C@@H]1CCCN1. The highest BCUT2D eigenvalue weighted by molar-refractivity contribution is 5.99. The van der Waals surface area contributed by atoms with Crippen molar-refractivity contribution in [3.63, 3.8) is 0 Å². The topological polar surface area (TPSA) is 133 Å². The zero-order chi connectivity index (χ0) is 26.8. The smallest absolute Gasteiger partial charge is 0.414 e. The lowest BCUT2D eigenvalue weighted by molar-refractivity contribution is -0.149. The van der Waals surface area contributed by atoms with Crippen molar-refractivity contribution in [1.82, 2.24) is 25.3 Å². The van der Waals surface area contributed by atoms with Crippen LogP contribution in [0.5, 0.6) is 0 Å². The summed E-state index contributed by atoms with van der Waals surface area (Å²) in [6, 6.07) is 7.84. The van der Waals surface area contributed by atoms with Gasteiger partial charge in [0.1, 0.15) is 30.3 Å². The van der Waals surface area contributed by atoms with Crippen LogP contribution in [0, 0.1) is 5.82 Å². The number of amides is 1. The number of carbonyl (C=O) groups excluding carboxylic acids is 2. The van der Waals surface area contributed by atoms with E-state index in [2.05, 4.69) is 25.8 Å². The van der Waals surface area contributed by atoms with Crippen LogP contribution in [-0.2, 0) is 25.7 Å². The number of oxime groups is 1. The maximum absolute atomic E-state index is 15.1. The number of hydrogen-bond acceptors (Lipinski definition) is 10. The number of benzene rings is 1. The van der Waals surface area contributed by atoms with Crippen molar-refractivity contribution in [2.45, 2.75) is 44.1 Å². The molecule has 202 valence electrons.